The van der Waals surface area contributed by atoms with Crippen LogP contribution in [-0.2, 0) is 16.0 Å². The minimum absolute atomic E-state index is 0.0209. The molecule has 0 bridgehead atoms. The quantitative estimate of drug-likeness (QED) is 0.714. The van der Waals surface area contributed by atoms with Crippen molar-refractivity contribution in [1.82, 2.24) is 4.90 Å². The molecule has 0 heterocycles. The lowest BCUT2D eigenvalue weighted by Crippen LogP contribution is -2.43. The molecular formula is C18H25ClFNO5. The van der Waals surface area contributed by atoms with Gasteiger partial charge >= 0.3 is 12.2 Å². The van der Waals surface area contributed by atoms with E-state index >= 15 is 0 Å². The minimum Gasteiger partial charge on any atom is -0.495 e. The van der Waals surface area contributed by atoms with Crippen molar-refractivity contribution in [3.63, 3.8) is 0 Å². The van der Waals surface area contributed by atoms with Gasteiger partial charge in [0.1, 0.15) is 22.0 Å². The Balaban J connectivity index is 3.19. The number of methoxy groups -OCH3 is 1. The number of rotatable bonds is 3. The van der Waals surface area contributed by atoms with E-state index in [0.717, 1.165) is 0 Å². The molecular weight excluding hydrogens is 365 g/mol. The first-order valence-electron chi connectivity index (χ1n) is 7.99. The molecule has 0 aliphatic carbocycles. The van der Waals surface area contributed by atoms with E-state index in [-0.39, 0.29) is 16.3 Å². The third-order valence-electron chi connectivity index (χ3n) is 2.90. The Morgan fingerprint density at radius 1 is 1.04 bits per heavy atom. The highest BCUT2D eigenvalue weighted by Gasteiger charge is 2.32. The maximum absolute atomic E-state index is 14.5. The zero-order chi connectivity index (χ0) is 20.3. The fourth-order valence-corrected chi connectivity index (χ4v) is 2.12. The number of halogens is 2. The van der Waals surface area contributed by atoms with Crippen LogP contribution < -0.4 is 4.74 Å². The Hall–Kier alpha value is -2.02. The fraction of sp³-hybridized carbons (Fsp3) is 0.556. The van der Waals surface area contributed by atoms with Gasteiger partial charge in [-0.25, -0.2) is 18.9 Å². The van der Waals surface area contributed by atoms with Crippen molar-refractivity contribution in [2.75, 3.05) is 7.11 Å². The molecule has 0 aliphatic heterocycles. The topological polar surface area (TPSA) is 65.1 Å². The predicted molar refractivity (Wildman–Crippen MR) is 96.0 cm³/mol. The van der Waals surface area contributed by atoms with Gasteiger partial charge in [0.05, 0.1) is 13.7 Å². The summed E-state index contributed by atoms with van der Waals surface area (Å²) in [5, 5.41) is -0.238. The molecule has 0 radical (unpaired) electrons. The average molecular weight is 390 g/mol. The summed E-state index contributed by atoms with van der Waals surface area (Å²) < 4.78 is 29.9. The molecule has 0 unspecified atom stereocenters. The van der Waals surface area contributed by atoms with Crippen LogP contribution in [-0.4, -0.2) is 35.4 Å². The van der Waals surface area contributed by atoms with Gasteiger partial charge in [0.25, 0.3) is 0 Å². The van der Waals surface area contributed by atoms with E-state index in [0.29, 0.717) is 4.90 Å². The number of imide groups is 1. The van der Waals surface area contributed by atoms with Crippen molar-refractivity contribution < 1.29 is 28.2 Å². The van der Waals surface area contributed by atoms with Gasteiger partial charge in [-0.15, -0.1) is 0 Å². The van der Waals surface area contributed by atoms with E-state index in [1.54, 1.807) is 41.5 Å². The Kier molecular flexibility index (Phi) is 6.88. The highest BCUT2D eigenvalue weighted by atomic mass is 35.5. The van der Waals surface area contributed by atoms with Crippen LogP contribution in [0.5, 0.6) is 5.75 Å². The maximum Gasteiger partial charge on any atom is 0.420 e. The Morgan fingerprint density at radius 3 is 1.88 bits per heavy atom. The lowest BCUT2D eigenvalue weighted by molar-refractivity contribution is -0.000388. The molecule has 0 fully saturated rings. The van der Waals surface area contributed by atoms with Gasteiger partial charge in [-0.3, -0.25) is 0 Å². The summed E-state index contributed by atoms with van der Waals surface area (Å²) in [7, 11) is 1.36. The van der Waals surface area contributed by atoms with Crippen molar-refractivity contribution in [3.8, 4) is 5.75 Å². The van der Waals surface area contributed by atoms with Crippen LogP contribution in [0.15, 0.2) is 12.1 Å². The molecule has 0 saturated heterocycles. The summed E-state index contributed by atoms with van der Waals surface area (Å²) in [4.78, 5) is 25.6. The number of hydrogen-bond acceptors (Lipinski definition) is 5. The summed E-state index contributed by atoms with van der Waals surface area (Å²) >= 11 is 5.90. The van der Waals surface area contributed by atoms with Crippen molar-refractivity contribution in [3.05, 3.63) is 28.5 Å². The molecule has 0 saturated carbocycles. The second-order valence-electron chi connectivity index (χ2n) is 7.60. The first kappa shape index (κ1) is 22.0. The van der Waals surface area contributed by atoms with Crippen molar-refractivity contribution in [1.29, 1.82) is 0 Å². The fourth-order valence-electron chi connectivity index (χ4n) is 1.86. The summed E-state index contributed by atoms with van der Waals surface area (Å²) in [5.41, 5.74) is -1.66. The largest absolute Gasteiger partial charge is 0.495 e. The number of ether oxygens (including phenoxy) is 3. The van der Waals surface area contributed by atoms with Crippen LogP contribution in [0.25, 0.3) is 0 Å². The number of carbonyl (C=O) groups is 2. The van der Waals surface area contributed by atoms with E-state index in [4.69, 9.17) is 25.8 Å². The second kappa shape index (κ2) is 8.12. The molecule has 6 nitrogen and oxygen atoms in total. The smallest absolute Gasteiger partial charge is 0.420 e. The van der Waals surface area contributed by atoms with Gasteiger partial charge in [0, 0.05) is 5.56 Å². The first-order valence-corrected chi connectivity index (χ1v) is 8.37. The molecule has 1 aromatic rings. The van der Waals surface area contributed by atoms with Gasteiger partial charge in [-0.05, 0) is 47.6 Å². The van der Waals surface area contributed by atoms with Crippen molar-refractivity contribution in [2.24, 2.45) is 0 Å². The van der Waals surface area contributed by atoms with E-state index in [1.165, 1.54) is 19.2 Å². The molecule has 2 amide bonds. The third-order valence-corrected chi connectivity index (χ3v) is 3.26. The van der Waals surface area contributed by atoms with Gasteiger partial charge in [0.15, 0.2) is 5.82 Å². The third kappa shape index (κ3) is 6.37. The normalized spacial score (nSPS) is 11.7. The Labute approximate surface area is 158 Å². The number of benzene rings is 1. The molecule has 0 aliphatic rings. The lowest BCUT2D eigenvalue weighted by atomic mass is 10.2. The van der Waals surface area contributed by atoms with E-state index in [9.17, 15) is 14.0 Å². The van der Waals surface area contributed by atoms with Gasteiger partial charge in [-0.1, -0.05) is 17.7 Å². The first-order chi connectivity index (χ1) is 11.7. The SMILES string of the molecule is COc1ccc(CN(C(=O)OC(C)(C)C)C(=O)OC(C)(C)C)c(F)c1Cl. The van der Waals surface area contributed by atoms with Crippen LogP contribution in [0, 0.1) is 5.82 Å². The molecule has 1 aromatic carbocycles. The van der Waals surface area contributed by atoms with Gasteiger partial charge < -0.3 is 14.2 Å². The van der Waals surface area contributed by atoms with E-state index < -0.39 is 35.8 Å². The maximum atomic E-state index is 14.5. The van der Waals surface area contributed by atoms with E-state index in [1.807, 2.05) is 0 Å². The zero-order valence-corrected chi connectivity index (χ0v) is 16.9. The van der Waals surface area contributed by atoms with Gasteiger partial charge in [0.2, 0.25) is 0 Å². The highest BCUT2D eigenvalue weighted by Crippen LogP contribution is 2.30. The number of nitrogens with zero attached hydrogens (tertiary/aromatic N) is 1. The molecule has 26 heavy (non-hydrogen) atoms. The van der Waals surface area contributed by atoms with Crippen molar-refractivity contribution in [2.45, 2.75) is 59.3 Å². The number of hydrogen-bond donors (Lipinski definition) is 0. The monoisotopic (exact) mass is 389 g/mol. The lowest BCUT2D eigenvalue weighted by Gasteiger charge is -2.28. The standard InChI is InChI=1S/C18H25ClFNO5/c1-17(2,3)25-15(22)21(16(23)26-18(4,5)6)10-11-8-9-12(24-7)13(19)14(11)20/h8-9H,10H2,1-7H3. The average Bonchev–Trinajstić information content (AvgIpc) is 2.45. The molecule has 0 N–H and O–H groups in total. The number of carbonyl (C=O) groups excluding carboxylic acids is 2. The van der Waals surface area contributed by atoms with Crippen LogP contribution in [0.3, 0.4) is 0 Å². The van der Waals surface area contributed by atoms with Crippen LogP contribution in [0.4, 0.5) is 14.0 Å². The Morgan fingerprint density at radius 2 is 1.50 bits per heavy atom. The van der Waals surface area contributed by atoms with Gasteiger partial charge in [-0.2, -0.15) is 0 Å². The molecule has 8 heteroatoms. The number of amides is 2. The molecule has 0 atom stereocenters. The minimum atomic E-state index is -0.946. The summed E-state index contributed by atoms with van der Waals surface area (Å²) in [5.74, 6) is -0.642. The van der Waals surface area contributed by atoms with Crippen LogP contribution in [0.2, 0.25) is 5.02 Å². The molecule has 146 valence electrons. The van der Waals surface area contributed by atoms with Crippen LogP contribution in [0.1, 0.15) is 47.1 Å². The summed E-state index contributed by atoms with van der Waals surface area (Å²) in [6.45, 7) is 9.53. The Bertz CT molecular complexity index is 651. The molecule has 0 spiro atoms. The molecule has 0 aromatic heterocycles. The summed E-state index contributed by atoms with van der Waals surface area (Å²) in [6, 6.07) is 2.82. The predicted octanol–water partition coefficient (Wildman–Crippen LogP) is 5.16. The second-order valence-corrected chi connectivity index (χ2v) is 7.98. The zero-order valence-electron chi connectivity index (χ0n) is 16.1. The summed E-state index contributed by atoms with van der Waals surface area (Å²) in [6.07, 6.45) is -1.89. The highest BCUT2D eigenvalue weighted by molar-refractivity contribution is 6.32. The van der Waals surface area contributed by atoms with Crippen molar-refractivity contribution >= 4 is 23.8 Å². The van der Waals surface area contributed by atoms with E-state index in [2.05, 4.69) is 0 Å². The van der Waals surface area contributed by atoms with Crippen LogP contribution >= 0.6 is 11.6 Å². The molecule has 1 rings (SSSR count).